The predicted molar refractivity (Wildman–Crippen MR) is 65.5 cm³/mol. The van der Waals surface area contributed by atoms with Crippen LogP contribution in [0.3, 0.4) is 0 Å². The zero-order valence-corrected chi connectivity index (χ0v) is 10.3. The molecule has 0 aliphatic heterocycles. The number of hydrogen-bond acceptors (Lipinski definition) is 2. The molecule has 3 heteroatoms. The van der Waals surface area contributed by atoms with Crippen LogP contribution in [0, 0.1) is 30.1 Å². The van der Waals surface area contributed by atoms with E-state index >= 15 is 0 Å². The lowest BCUT2D eigenvalue weighted by Crippen LogP contribution is -2.42. The maximum absolute atomic E-state index is 12.2. The van der Waals surface area contributed by atoms with E-state index in [0.29, 0.717) is 19.0 Å². The fourth-order valence-corrected chi connectivity index (χ4v) is 1.85. The third-order valence-electron chi connectivity index (χ3n) is 3.15. The molecule has 2 N–H and O–H groups in total. The van der Waals surface area contributed by atoms with Gasteiger partial charge in [-0.05, 0) is 24.7 Å². The van der Waals surface area contributed by atoms with Gasteiger partial charge in [0.25, 0.3) is 0 Å². The summed E-state index contributed by atoms with van der Waals surface area (Å²) >= 11 is 0. The number of carbonyl (C=O) groups excluding carboxylic acids is 1. The van der Waals surface area contributed by atoms with E-state index in [1.165, 1.54) is 12.8 Å². The van der Waals surface area contributed by atoms with Crippen molar-refractivity contribution in [2.24, 2.45) is 23.5 Å². The summed E-state index contributed by atoms with van der Waals surface area (Å²) in [5, 5.41) is 0. The normalized spacial score (nSPS) is 16.9. The van der Waals surface area contributed by atoms with Crippen molar-refractivity contribution in [2.75, 3.05) is 19.6 Å². The van der Waals surface area contributed by atoms with Crippen molar-refractivity contribution >= 4 is 5.91 Å². The van der Waals surface area contributed by atoms with Gasteiger partial charge in [0.15, 0.2) is 0 Å². The van der Waals surface area contributed by atoms with Gasteiger partial charge in [0.05, 0.1) is 12.5 Å². The first kappa shape index (κ1) is 13.1. The minimum absolute atomic E-state index is 0.0906. The van der Waals surface area contributed by atoms with Crippen LogP contribution in [-0.2, 0) is 4.79 Å². The van der Waals surface area contributed by atoms with Crippen LogP contribution < -0.4 is 5.73 Å². The van der Waals surface area contributed by atoms with E-state index in [0.717, 1.165) is 6.54 Å². The van der Waals surface area contributed by atoms with Gasteiger partial charge in [-0.15, -0.1) is 6.42 Å². The summed E-state index contributed by atoms with van der Waals surface area (Å²) in [6.07, 6.45) is 7.76. The molecule has 0 aromatic carbocycles. The fourth-order valence-electron chi connectivity index (χ4n) is 1.85. The smallest absolute Gasteiger partial charge is 0.228 e. The molecule has 0 saturated heterocycles. The molecule has 0 aromatic heterocycles. The molecule has 1 amide bonds. The highest BCUT2D eigenvalue weighted by Crippen LogP contribution is 2.30. The predicted octanol–water partition coefficient (Wildman–Crippen LogP) is 1.09. The number of rotatable bonds is 6. The zero-order valence-electron chi connectivity index (χ0n) is 10.3. The van der Waals surface area contributed by atoms with Gasteiger partial charge >= 0.3 is 0 Å². The molecule has 1 aliphatic carbocycles. The fraction of sp³-hybridized carbons (Fsp3) is 0.769. The van der Waals surface area contributed by atoms with Gasteiger partial charge in [0.2, 0.25) is 5.91 Å². The van der Waals surface area contributed by atoms with Crippen LogP contribution in [0.5, 0.6) is 0 Å². The van der Waals surface area contributed by atoms with Gasteiger partial charge in [-0.1, -0.05) is 19.8 Å². The molecule has 1 fully saturated rings. The highest BCUT2D eigenvalue weighted by Gasteiger charge is 2.30. The molecule has 0 aromatic rings. The van der Waals surface area contributed by atoms with Crippen LogP contribution in [0.25, 0.3) is 0 Å². The van der Waals surface area contributed by atoms with Crippen LogP contribution in [0.4, 0.5) is 0 Å². The number of nitrogens with zero attached hydrogens (tertiary/aromatic N) is 1. The summed E-state index contributed by atoms with van der Waals surface area (Å²) in [5.41, 5.74) is 5.66. The topological polar surface area (TPSA) is 46.3 Å². The molecular weight excluding hydrogens is 200 g/mol. The molecule has 0 spiro atoms. The lowest BCUT2D eigenvalue weighted by atomic mass is 9.94. The number of amides is 1. The van der Waals surface area contributed by atoms with Crippen molar-refractivity contribution in [3.63, 3.8) is 0 Å². The molecule has 0 heterocycles. The third kappa shape index (κ3) is 3.53. The number of nitrogens with two attached hydrogens (primary N) is 1. The molecule has 1 unspecified atom stereocenters. The SMILES string of the molecule is C#CCN(CC1CC1)C(=O)C(CN)C(C)C. The molecule has 1 saturated carbocycles. The third-order valence-corrected chi connectivity index (χ3v) is 3.15. The first-order chi connectivity index (χ1) is 7.60. The van der Waals surface area contributed by atoms with Crippen molar-refractivity contribution in [3.8, 4) is 12.3 Å². The summed E-state index contributed by atoms with van der Waals surface area (Å²) in [6.45, 7) is 5.69. The van der Waals surface area contributed by atoms with Gasteiger partial charge in [-0.2, -0.15) is 0 Å². The average molecular weight is 222 g/mol. The minimum Gasteiger partial charge on any atom is -0.331 e. The number of hydrogen-bond donors (Lipinski definition) is 1. The highest BCUT2D eigenvalue weighted by atomic mass is 16.2. The van der Waals surface area contributed by atoms with E-state index in [4.69, 9.17) is 12.2 Å². The van der Waals surface area contributed by atoms with Crippen molar-refractivity contribution in [3.05, 3.63) is 0 Å². The zero-order chi connectivity index (χ0) is 12.1. The van der Waals surface area contributed by atoms with Crippen LogP contribution in [-0.4, -0.2) is 30.4 Å². The van der Waals surface area contributed by atoms with Gasteiger partial charge in [0.1, 0.15) is 0 Å². The highest BCUT2D eigenvalue weighted by molar-refractivity contribution is 5.79. The Morgan fingerprint density at radius 2 is 2.19 bits per heavy atom. The Kier molecular flexibility index (Phi) is 4.82. The monoisotopic (exact) mass is 222 g/mol. The van der Waals surface area contributed by atoms with E-state index in [-0.39, 0.29) is 17.7 Å². The van der Waals surface area contributed by atoms with E-state index in [1.54, 1.807) is 4.90 Å². The maximum atomic E-state index is 12.2. The van der Waals surface area contributed by atoms with E-state index in [1.807, 2.05) is 13.8 Å². The first-order valence-corrected chi connectivity index (χ1v) is 6.02. The van der Waals surface area contributed by atoms with Crippen LogP contribution >= 0.6 is 0 Å². The summed E-state index contributed by atoms with van der Waals surface area (Å²) < 4.78 is 0. The lowest BCUT2D eigenvalue weighted by molar-refractivity contribution is -0.136. The summed E-state index contributed by atoms with van der Waals surface area (Å²) in [7, 11) is 0. The summed E-state index contributed by atoms with van der Waals surface area (Å²) in [6, 6.07) is 0. The van der Waals surface area contributed by atoms with Crippen molar-refractivity contribution < 1.29 is 4.79 Å². The average Bonchev–Trinajstić information content (AvgIpc) is 3.01. The van der Waals surface area contributed by atoms with Crippen molar-refractivity contribution in [1.29, 1.82) is 0 Å². The second-order valence-corrected chi connectivity index (χ2v) is 4.95. The molecule has 0 radical (unpaired) electrons. The van der Waals surface area contributed by atoms with Gasteiger partial charge in [-0.3, -0.25) is 4.79 Å². The Balaban J connectivity index is 2.60. The first-order valence-electron chi connectivity index (χ1n) is 6.02. The van der Waals surface area contributed by atoms with Crippen LogP contribution in [0.15, 0.2) is 0 Å². The molecule has 1 aliphatic rings. The second kappa shape index (κ2) is 5.91. The second-order valence-electron chi connectivity index (χ2n) is 4.95. The molecule has 3 nitrogen and oxygen atoms in total. The molecule has 1 rings (SSSR count). The van der Waals surface area contributed by atoms with Crippen LogP contribution in [0.1, 0.15) is 26.7 Å². The summed E-state index contributed by atoms with van der Waals surface area (Å²) in [4.78, 5) is 14.0. The van der Waals surface area contributed by atoms with E-state index in [9.17, 15) is 4.79 Å². The van der Waals surface area contributed by atoms with Crippen LogP contribution in [0.2, 0.25) is 0 Å². The van der Waals surface area contributed by atoms with E-state index < -0.39 is 0 Å². The van der Waals surface area contributed by atoms with Crippen molar-refractivity contribution in [2.45, 2.75) is 26.7 Å². The number of terminal acetylenes is 1. The van der Waals surface area contributed by atoms with E-state index in [2.05, 4.69) is 5.92 Å². The standard InChI is InChI=1S/C13H22N2O/c1-4-7-15(9-11-5-6-11)13(16)12(8-14)10(2)3/h1,10-12H,5-9,14H2,2-3H3. The lowest BCUT2D eigenvalue weighted by Gasteiger charge is -2.27. The Hall–Kier alpha value is -1.01. The Morgan fingerprint density at radius 3 is 2.56 bits per heavy atom. The molecule has 0 bridgehead atoms. The molecular formula is C13H22N2O. The maximum Gasteiger partial charge on any atom is 0.228 e. The van der Waals surface area contributed by atoms with Gasteiger partial charge < -0.3 is 10.6 Å². The van der Waals surface area contributed by atoms with Crippen molar-refractivity contribution in [1.82, 2.24) is 4.90 Å². The Labute approximate surface area is 98.4 Å². The molecule has 90 valence electrons. The Bertz CT molecular complexity index is 276. The molecule has 16 heavy (non-hydrogen) atoms. The molecule has 1 atom stereocenters. The van der Waals surface area contributed by atoms with Gasteiger partial charge in [-0.25, -0.2) is 0 Å². The van der Waals surface area contributed by atoms with Gasteiger partial charge in [0, 0.05) is 13.1 Å². The Morgan fingerprint density at radius 1 is 1.56 bits per heavy atom. The minimum atomic E-state index is -0.0906. The number of carbonyl (C=O) groups is 1. The summed E-state index contributed by atoms with van der Waals surface area (Å²) in [5.74, 6) is 3.54. The quantitative estimate of drug-likeness (QED) is 0.684. The largest absolute Gasteiger partial charge is 0.331 e.